The first-order chi connectivity index (χ1) is 7.88. The van der Waals surface area contributed by atoms with Crippen LogP contribution in [0.3, 0.4) is 0 Å². The maximum absolute atomic E-state index is 10.7. The van der Waals surface area contributed by atoms with E-state index in [1.54, 1.807) is 0 Å². The van der Waals surface area contributed by atoms with E-state index in [0.29, 0.717) is 5.56 Å². The van der Waals surface area contributed by atoms with E-state index < -0.39 is 0 Å². The van der Waals surface area contributed by atoms with Gasteiger partial charge in [0.05, 0.1) is 0 Å². The smallest absolute Gasteiger partial charge is 0.233 e. The van der Waals surface area contributed by atoms with Crippen molar-refractivity contribution in [1.29, 1.82) is 0 Å². The largest absolute Gasteiger partial charge is 0.285 e. The van der Waals surface area contributed by atoms with Crippen LogP contribution in [-0.4, -0.2) is 6.29 Å². The molecule has 0 fully saturated rings. The summed E-state index contributed by atoms with van der Waals surface area (Å²) in [7, 11) is 0. The molecule has 0 bridgehead atoms. The SMILES string of the molecule is O=[C]c1ccc2c(c1)-c1ccccc1CC2. The van der Waals surface area contributed by atoms with Crippen LogP contribution in [0.4, 0.5) is 0 Å². The molecule has 0 amide bonds. The average molecular weight is 207 g/mol. The summed E-state index contributed by atoms with van der Waals surface area (Å²) in [6, 6.07) is 14.2. The molecule has 0 atom stereocenters. The number of benzene rings is 2. The van der Waals surface area contributed by atoms with E-state index in [1.807, 2.05) is 30.6 Å². The topological polar surface area (TPSA) is 17.1 Å². The van der Waals surface area contributed by atoms with Crippen molar-refractivity contribution in [2.75, 3.05) is 0 Å². The van der Waals surface area contributed by atoms with Crippen LogP contribution < -0.4 is 0 Å². The van der Waals surface area contributed by atoms with Crippen LogP contribution >= 0.6 is 0 Å². The fourth-order valence-electron chi connectivity index (χ4n) is 2.38. The Morgan fingerprint density at radius 3 is 2.44 bits per heavy atom. The lowest BCUT2D eigenvalue weighted by Crippen LogP contribution is -2.04. The van der Waals surface area contributed by atoms with Crippen molar-refractivity contribution >= 4 is 6.29 Å². The predicted molar refractivity (Wildman–Crippen MR) is 64.1 cm³/mol. The first-order valence-electron chi connectivity index (χ1n) is 5.48. The molecule has 16 heavy (non-hydrogen) atoms. The van der Waals surface area contributed by atoms with Gasteiger partial charge in [-0.3, -0.25) is 4.79 Å². The van der Waals surface area contributed by atoms with Gasteiger partial charge in [0.2, 0.25) is 6.29 Å². The van der Waals surface area contributed by atoms with Gasteiger partial charge in [0.25, 0.3) is 0 Å². The lowest BCUT2D eigenvalue weighted by atomic mass is 9.85. The molecule has 77 valence electrons. The second-order valence-corrected chi connectivity index (χ2v) is 4.13. The summed E-state index contributed by atoms with van der Waals surface area (Å²) in [6.07, 6.45) is 4.11. The molecule has 1 aliphatic rings. The van der Waals surface area contributed by atoms with Gasteiger partial charge in [0, 0.05) is 5.56 Å². The highest BCUT2D eigenvalue weighted by atomic mass is 16.1. The van der Waals surface area contributed by atoms with Gasteiger partial charge in [0.1, 0.15) is 0 Å². The third-order valence-electron chi connectivity index (χ3n) is 3.20. The minimum Gasteiger partial charge on any atom is -0.285 e. The Labute approximate surface area is 94.7 Å². The second-order valence-electron chi connectivity index (χ2n) is 4.13. The number of hydrogen-bond donors (Lipinski definition) is 0. The first kappa shape index (κ1) is 9.34. The van der Waals surface area contributed by atoms with Crippen LogP contribution in [0, 0.1) is 0 Å². The molecule has 3 rings (SSSR count). The molecule has 0 heterocycles. The molecule has 2 aromatic carbocycles. The second kappa shape index (κ2) is 3.60. The molecule has 0 aromatic heterocycles. The van der Waals surface area contributed by atoms with Gasteiger partial charge >= 0.3 is 0 Å². The summed E-state index contributed by atoms with van der Waals surface area (Å²) < 4.78 is 0. The van der Waals surface area contributed by atoms with Crippen LogP contribution in [-0.2, 0) is 17.6 Å². The fourth-order valence-corrected chi connectivity index (χ4v) is 2.38. The molecule has 0 N–H and O–H groups in total. The first-order valence-corrected chi connectivity index (χ1v) is 5.48. The number of aryl methyl sites for hydroxylation is 2. The number of rotatable bonds is 1. The van der Waals surface area contributed by atoms with Crippen molar-refractivity contribution in [2.24, 2.45) is 0 Å². The van der Waals surface area contributed by atoms with E-state index >= 15 is 0 Å². The van der Waals surface area contributed by atoms with Crippen LogP contribution in [0.15, 0.2) is 42.5 Å². The Kier molecular flexibility index (Phi) is 2.10. The minimum absolute atomic E-state index is 0.635. The molecule has 1 aliphatic carbocycles. The quantitative estimate of drug-likeness (QED) is 0.702. The van der Waals surface area contributed by atoms with Gasteiger partial charge < -0.3 is 0 Å². The van der Waals surface area contributed by atoms with Gasteiger partial charge in [0.15, 0.2) is 0 Å². The summed E-state index contributed by atoms with van der Waals surface area (Å²) in [5, 5.41) is 0. The third-order valence-corrected chi connectivity index (χ3v) is 3.20. The highest BCUT2D eigenvalue weighted by molar-refractivity contribution is 5.82. The van der Waals surface area contributed by atoms with Crippen molar-refractivity contribution in [3.63, 3.8) is 0 Å². The molecule has 0 aliphatic heterocycles. The van der Waals surface area contributed by atoms with Crippen molar-refractivity contribution in [2.45, 2.75) is 12.8 Å². The Morgan fingerprint density at radius 2 is 1.62 bits per heavy atom. The Bertz CT molecular complexity index is 555. The molecular formula is C15H11O. The third kappa shape index (κ3) is 1.36. The Morgan fingerprint density at radius 1 is 0.875 bits per heavy atom. The van der Waals surface area contributed by atoms with Crippen molar-refractivity contribution in [3.8, 4) is 11.1 Å². The summed E-state index contributed by atoms with van der Waals surface area (Å²) in [4.78, 5) is 10.7. The molecule has 1 heteroatoms. The summed E-state index contributed by atoms with van der Waals surface area (Å²) in [5.74, 6) is 0. The monoisotopic (exact) mass is 207 g/mol. The zero-order valence-electron chi connectivity index (χ0n) is 8.86. The summed E-state index contributed by atoms with van der Waals surface area (Å²) in [5.41, 5.74) is 5.80. The maximum atomic E-state index is 10.7. The van der Waals surface area contributed by atoms with E-state index in [2.05, 4.69) is 18.2 Å². The zero-order chi connectivity index (χ0) is 11.0. The molecule has 0 unspecified atom stereocenters. The number of carbonyl (C=O) groups excluding carboxylic acids is 1. The highest BCUT2D eigenvalue weighted by Crippen LogP contribution is 2.33. The maximum Gasteiger partial charge on any atom is 0.233 e. The van der Waals surface area contributed by atoms with E-state index in [9.17, 15) is 4.79 Å². The van der Waals surface area contributed by atoms with Gasteiger partial charge in [-0.25, -0.2) is 0 Å². The molecule has 1 nitrogen and oxygen atoms in total. The van der Waals surface area contributed by atoms with Crippen LogP contribution in [0.2, 0.25) is 0 Å². The Hall–Kier alpha value is -1.89. The Balaban J connectivity index is 2.25. The van der Waals surface area contributed by atoms with Gasteiger partial charge in [-0.15, -0.1) is 0 Å². The van der Waals surface area contributed by atoms with E-state index in [4.69, 9.17) is 0 Å². The average Bonchev–Trinajstić information content (AvgIpc) is 2.38. The summed E-state index contributed by atoms with van der Waals surface area (Å²) >= 11 is 0. The van der Waals surface area contributed by atoms with Crippen LogP contribution in [0.25, 0.3) is 11.1 Å². The zero-order valence-corrected chi connectivity index (χ0v) is 8.86. The van der Waals surface area contributed by atoms with E-state index in [-0.39, 0.29) is 0 Å². The molecule has 0 spiro atoms. The minimum atomic E-state index is 0.635. The lowest BCUT2D eigenvalue weighted by molar-refractivity contribution is 0.563. The molecule has 0 saturated carbocycles. The van der Waals surface area contributed by atoms with Gasteiger partial charge in [-0.2, -0.15) is 0 Å². The molecule has 2 aromatic rings. The van der Waals surface area contributed by atoms with Crippen LogP contribution in [0.5, 0.6) is 0 Å². The number of fused-ring (bicyclic) bond motifs is 3. The predicted octanol–water partition coefficient (Wildman–Crippen LogP) is 2.91. The van der Waals surface area contributed by atoms with Crippen molar-refractivity contribution in [1.82, 2.24) is 0 Å². The fraction of sp³-hybridized carbons (Fsp3) is 0.133. The van der Waals surface area contributed by atoms with E-state index in [0.717, 1.165) is 12.8 Å². The van der Waals surface area contributed by atoms with Crippen molar-refractivity contribution in [3.05, 3.63) is 59.2 Å². The van der Waals surface area contributed by atoms with Crippen LogP contribution in [0.1, 0.15) is 16.7 Å². The summed E-state index contributed by atoms with van der Waals surface area (Å²) in [6.45, 7) is 0. The molecule has 0 saturated heterocycles. The number of hydrogen-bond acceptors (Lipinski definition) is 1. The lowest BCUT2D eigenvalue weighted by Gasteiger charge is -2.19. The molecular weight excluding hydrogens is 196 g/mol. The van der Waals surface area contributed by atoms with Gasteiger partial charge in [-0.05, 0) is 41.2 Å². The molecule has 1 radical (unpaired) electrons. The van der Waals surface area contributed by atoms with E-state index in [1.165, 1.54) is 22.3 Å². The van der Waals surface area contributed by atoms with Gasteiger partial charge in [-0.1, -0.05) is 36.4 Å². The van der Waals surface area contributed by atoms with Crippen molar-refractivity contribution < 1.29 is 4.79 Å². The normalized spacial score (nSPS) is 12.8. The standard InChI is InChI=1S/C15H11O/c16-10-11-5-6-13-8-7-12-3-1-2-4-14(12)15(13)9-11/h1-6,9H,7-8H2. The highest BCUT2D eigenvalue weighted by Gasteiger charge is 2.15.